The topological polar surface area (TPSA) is 48.5 Å². The summed E-state index contributed by atoms with van der Waals surface area (Å²) < 4.78 is 1.19. The fourth-order valence-corrected chi connectivity index (χ4v) is 4.75. The van der Waals surface area contributed by atoms with Crippen LogP contribution in [0.15, 0.2) is 54.6 Å². The van der Waals surface area contributed by atoms with Gasteiger partial charge in [0.1, 0.15) is 5.01 Å². The van der Waals surface area contributed by atoms with Crippen LogP contribution in [0.25, 0.3) is 10.2 Å². The molecule has 1 aliphatic heterocycles. The van der Waals surface area contributed by atoms with Crippen molar-refractivity contribution in [2.45, 2.75) is 13.0 Å². The minimum atomic E-state index is 0.0850. The first-order chi connectivity index (χ1) is 13.7. The molecule has 1 aliphatic rings. The quantitative estimate of drug-likeness (QED) is 0.668. The van der Waals surface area contributed by atoms with E-state index in [1.54, 1.807) is 11.3 Å². The van der Waals surface area contributed by atoms with Crippen LogP contribution < -0.4 is 10.2 Å². The van der Waals surface area contributed by atoms with Gasteiger partial charge in [-0.1, -0.05) is 30.3 Å². The van der Waals surface area contributed by atoms with Crippen LogP contribution in [0.1, 0.15) is 11.4 Å². The molecule has 2 heterocycles. The molecule has 1 N–H and O–H groups in total. The number of aromatic nitrogens is 1. The average Bonchev–Trinajstić information content (AvgIpc) is 3.33. The van der Waals surface area contributed by atoms with Crippen molar-refractivity contribution < 1.29 is 4.79 Å². The molecular weight excluding hydrogens is 368 g/mol. The maximum Gasteiger partial charge on any atom is 0.234 e. The van der Waals surface area contributed by atoms with Crippen molar-refractivity contribution >= 4 is 33.1 Å². The fourth-order valence-electron chi connectivity index (χ4n) is 3.71. The van der Waals surface area contributed by atoms with Gasteiger partial charge in [0.2, 0.25) is 5.91 Å². The molecule has 1 amide bonds. The maximum atomic E-state index is 12.3. The van der Waals surface area contributed by atoms with Gasteiger partial charge < -0.3 is 10.2 Å². The summed E-state index contributed by atoms with van der Waals surface area (Å²) >= 11 is 1.69. The number of anilines is 1. The largest absolute Gasteiger partial charge is 0.371 e. The number of nitrogens with zero attached hydrogens (tertiary/aromatic N) is 3. The second-order valence-electron chi connectivity index (χ2n) is 7.49. The van der Waals surface area contributed by atoms with E-state index >= 15 is 0 Å². The Balaban J connectivity index is 1.21. The van der Waals surface area contributed by atoms with Crippen LogP contribution in [-0.2, 0) is 11.3 Å². The summed E-state index contributed by atoms with van der Waals surface area (Å²) in [4.78, 5) is 21.4. The van der Waals surface area contributed by atoms with E-state index in [-0.39, 0.29) is 5.91 Å². The Morgan fingerprint density at radius 2 is 2.00 bits per heavy atom. The molecule has 6 heteroatoms. The Morgan fingerprint density at radius 1 is 1.21 bits per heavy atom. The van der Waals surface area contributed by atoms with E-state index < -0.39 is 0 Å². The molecule has 0 radical (unpaired) electrons. The molecule has 1 unspecified atom stereocenters. The predicted octanol–water partition coefficient (Wildman–Crippen LogP) is 3.37. The minimum Gasteiger partial charge on any atom is -0.371 e. The Kier molecular flexibility index (Phi) is 5.88. The highest BCUT2D eigenvalue weighted by atomic mass is 32.1. The summed E-state index contributed by atoms with van der Waals surface area (Å²) in [5, 5.41) is 4.16. The van der Waals surface area contributed by atoms with Gasteiger partial charge in [-0.15, -0.1) is 11.3 Å². The lowest BCUT2D eigenvalue weighted by atomic mass is 10.1. The Bertz CT molecular complexity index is 893. The summed E-state index contributed by atoms with van der Waals surface area (Å²) in [5.41, 5.74) is 2.30. The molecule has 5 nitrogen and oxygen atoms in total. The number of carbonyl (C=O) groups is 1. The first kappa shape index (κ1) is 18.9. The lowest BCUT2D eigenvalue weighted by molar-refractivity contribution is -0.122. The standard InChI is InChI=1S/C22H26N4OS/c1-25(16-22-24-19-9-5-6-10-20(19)28-22)15-21(27)23-13-17-11-12-26(14-17)18-7-3-2-4-8-18/h2-10,17H,11-16H2,1H3,(H,23,27). The van der Waals surface area contributed by atoms with Gasteiger partial charge in [0.25, 0.3) is 0 Å². The monoisotopic (exact) mass is 394 g/mol. The van der Waals surface area contributed by atoms with Gasteiger partial charge in [0, 0.05) is 25.3 Å². The molecule has 0 saturated carbocycles. The van der Waals surface area contributed by atoms with Crippen molar-refractivity contribution in [1.29, 1.82) is 0 Å². The average molecular weight is 395 g/mol. The van der Waals surface area contributed by atoms with Gasteiger partial charge in [0.05, 0.1) is 23.3 Å². The molecule has 1 atom stereocenters. The van der Waals surface area contributed by atoms with Crippen LogP contribution in [-0.4, -0.2) is 49.0 Å². The van der Waals surface area contributed by atoms with Crippen molar-refractivity contribution in [2.24, 2.45) is 5.92 Å². The second kappa shape index (κ2) is 8.71. The number of likely N-dealkylation sites (N-methyl/N-ethyl adjacent to an activating group) is 1. The third kappa shape index (κ3) is 4.69. The highest BCUT2D eigenvalue weighted by molar-refractivity contribution is 7.18. The lowest BCUT2D eigenvalue weighted by Crippen LogP contribution is -2.37. The summed E-state index contributed by atoms with van der Waals surface area (Å²) in [5.74, 6) is 0.598. The van der Waals surface area contributed by atoms with Crippen molar-refractivity contribution in [2.75, 3.05) is 38.1 Å². The highest BCUT2D eigenvalue weighted by Gasteiger charge is 2.23. The van der Waals surface area contributed by atoms with E-state index in [1.807, 2.05) is 36.2 Å². The van der Waals surface area contributed by atoms with Crippen molar-refractivity contribution in [1.82, 2.24) is 15.2 Å². The Hall–Kier alpha value is -2.44. The number of carbonyl (C=O) groups excluding carboxylic acids is 1. The molecular formula is C22H26N4OS. The van der Waals surface area contributed by atoms with Crippen LogP contribution in [0.5, 0.6) is 0 Å². The molecule has 3 aromatic rings. The number of nitrogens with one attached hydrogen (secondary N) is 1. The van der Waals surface area contributed by atoms with E-state index in [0.29, 0.717) is 19.0 Å². The van der Waals surface area contributed by atoms with Gasteiger partial charge >= 0.3 is 0 Å². The molecule has 1 aromatic heterocycles. The van der Waals surface area contributed by atoms with Gasteiger partial charge in [0.15, 0.2) is 0 Å². The van der Waals surface area contributed by atoms with Gasteiger partial charge in [-0.3, -0.25) is 9.69 Å². The SMILES string of the molecule is CN(CC(=O)NCC1CCN(c2ccccc2)C1)Cc1nc2ccccc2s1. The summed E-state index contributed by atoms with van der Waals surface area (Å²) in [6, 6.07) is 18.6. The van der Waals surface area contributed by atoms with Crippen molar-refractivity contribution in [3.63, 3.8) is 0 Å². The summed E-state index contributed by atoms with van der Waals surface area (Å²) in [6.07, 6.45) is 1.12. The van der Waals surface area contributed by atoms with Crippen LogP contribution in [0.3, 0.4) is 0 Å². The Morgan fingerprint density at radius 3 is 2.82 bits per heavy atom. The zero-order chi connectivity index (χ0) is 19.3. The van der Waals surface area contributed by atoms with Gasteiger partial charge in [-0.2, -0.15) is 0 Å². The molecule has 0 bridgehead atoms. The zero-order valence-corrected chi connectivity index (χ0v) is 17.0. The highest BCUT2D eigenvalue weighted by Crippen LogP contribution is 2.23. The van der Waals surface area contributed by atoms with Crippen LogP contribution in [0.4, 0.5) is 5.69 Å². The molecule has 0 spiro atoms. The van der Waals surface area contributed by atoms with E-state index in [4.69, 9.17) is 0 Å². The number of thiazole rings is 1. The molecule has 28 heavy (non-hydrogen) atoms. The minimum absolute atomic E-state index is 0.0850. The number of hydrogen-bond acceptors (Lipinski definition) is 5. The number of benzene rings is 2. The predicted molar refractivity (Wildman–Crippen MR) is 116 cm³/mol. The molecule has 0 aliphatic carbocycles. The smallest absolute Gasteiger partial charge is 0.234 e. The van der Waals surface area contributed by atoms with E-state index in [2.05, 4.69) is 45.5 Å². The first-order valence-corrected chi connectivity index (χ1v) is 10.6. The lowest BCUT2D eigenvalue weighted by Gasteiger charge is -2.19. The van der Waals surface area contributed by atoms with Gasteiger partial charge in [-0.05, 0) is 43.7 Å². The molecule has 1 fully saturated rings. The molecule has 1 saturated heterocycles. The van der Waals surface area contributed by atoms with Crippen LogP contribution >= 0.6 is 11.3 Å². The first-order valence-electron chi connectivity index (χ1n) is 9.77. The normalized spacial score (nSPS) is 16.8. The van der Waals surface area contributed by atoms with Crippen LogP contribution in [0.2, 0.25) is 0 Å². The summed E-state index contributed by atoms with van der Waals surface area (Å²) in [7, 11) is 1.97. The number of fused-ring (bicyclic) bond motifs is 1. The zero-order valence-electron chi connectivity index (χ0n) is 16.2. The van der Waals surface area contributed by atoms with E-state index in [0.717, 1.165) is 36.6 Å². The second-order valence-corrected chi connectivity index (χ2v) is 8.60. The third-order valence-corrected chi connectivity index (χ3v) is 6.17. The molecule has 4 rings (SSSR count). The number of amides is 1. The molecule has 2 aromatic carbocycles. The van der Waals surface area contributed by atoms with Gasteiger partial charge in [-0.25, -0.2) is 4.98 Å². The van der Waals surface area contributed by atoms with Crippen LogP contribution in [0, 0.1) is 5.92 Å². The summed E-state index contributed by atoms with van der Waals surface area (Å²) in [6.45, 7) is 3.90. The van der Waals surface area contributed by atoms with Crippen molar-refractivity contribution in [3.8, 4) is 0 Å². The maximum absolute atomic E-state index is 12.3. The van der Waals surface area contributed by atoms with E-state index in [9.17, 15) is 4.79 Å². The number of para-hydroxylation sites is 2. The number of hydrogen-bond donors (Lipinski definition) is 1. The molecule has 146 valence electrons. The third-order valence-electron chi connectivity index (χ3n) is 5.15. The van der Waals surface area contributed by atoms with Crippen molar-refractivity contribution in [3.05, 3.63) is 59.6 Å². The Labute approximate surface area is 170 Å². The fraction of sp³-hybridized carbons (Fsp3) is 0.364. The number of rotatable bonds is 7. The van der Waals surface area contributed by atoms with E-state index in [1.165, 1.54) is 10.4 Å².